The minimum atomic E-state index is -0.933. The van der Waals surface area contributed by atoms with E-state index in [9.17, 15) is 14.7 Å². The second-order valence-electron chi connectivity index (χ2n) is 8.73. The van der Waals surface area contributed by atoms with Crippen LogP contribution in [0.25, 0.3) is 5.76 Å². The Morgan fingerprint density at radius 2 is 1.55 bits per heavy atom. The molecule has 0 radical (unpaired) electrons. The predicted octanol–water partition coefficient (Wildman–Crippen LogP) is 4.11. The van der Waals surface area contributed by atoms with Gasteiger partial charge in [-0.05, 0) is 41.5 Å². The highest BCUT2D eigenvalue weighted by atomic mass is 16.6. The van der Waals surface area contributed by atoms with Crippen molar-refractivity contribution in [2.75, 3.05) is 34.5 Å². The van der Waals surface area contributed by atoms with E-state index in [0.717, 1.165) is 5.56 Å². The Labute approximate surface area is 219 Å². The molecule has 0 spiro atoms. The van der Waals surface area contributed by atoms with E-state index in [2.05, 4.69) is 0 Å². The summed E-state index contributed by atoms with van der Waals surface area (Å²) in [6.07, 6.45) is 0. The fourth-order valence-corrected chi connectivity index (χ4v) is 4.78. The van der Waals surface area contributed by atoms with Gasteiger partial charge in [0.25, 0.3) is 11.7 Å². The normalized spacial score (nSPS) is 17.9. The molecule has 196 valence electrons. The van der Waals surface area contributed by atoms with Crippen molar-refractivity contribution in [3.8, 4) is 28.7 Å². The van der Waals surface area contributed by atoms with Gasteiger partial charge in [-0.15, -0.1) is 0 Å². The van der Waals surface area contributed by atoms with Crippen molar-refractivity contribution in [1.82, 2.24) is 4.90 Å². The van der Waals surface area contributed by atoms with Gasteiger partial charge in [0.15, 0.2) is 23.0 Å². The number of aliphatic hydroxyl groups is 1. The number of carbonyl (C=O) groups is 2. The molecule has 1 saturated heterocycles. The third-order valence-electron chi connectivity index (χ3n) is 6.55. The Morgan fingerprint density at radius 3 is 2.18 bits per heavy atom. The first-order valence-corrected chi connectivity index (χ1v) is 12.0. The molecule has 2 aliphatic heterocycles. The molecule has 0 bridgehead atoms. The number of likely N-dealkylation sites (tertiary alicyclic amines) is 1. The van der Waals surface area contributed by atoms with Gasteiger partial charge >= 0.3 is 0 Å². The summed E-state index contributed by atoms with van der Waals surface area (Å²) in [5.41, 5.74) is 1.60. The van der Waals surface area contributed by atoms with E-state index in [-0.39, 0.29) is 17.9 Å². The van der Waals surface area contributed by atoms with Crippen molar-refractivity contribution >= 4 is 17.4 Å². The zero-order valence-electron chi connectivity index (χ0n) is 21.2. The Kier molecular flexibility index (Phi) is 6.83. The largest absolute Gasteiger partial charge is 0.507 e. The first-order valence-electron chi connectivity index (χ1n) is 12.0. The van der Waals surface area contributed by atoms with E-state index < -0.39 is 17.7 Å². The lowest BCUT2D eigenvalue weighted by Gasteiger charge is -2.27. The summed E-state index contributed by atoms with van der Waals surface area (Å²) in [7, 11) is 4.46. The number of hydrogen-bond acceptors (Lipinski definition) is 8. The van der Waals surface area contributed by atoms with Crippen LogP contribution in [0.15, 0.2) is 66.2 Å². The van der Waals surface area contributed by atoms with Crippen LogP contribution in [-0.4, -0.2) is 56.2 Å². The fraction of sp³-hybridized carbons (Fsp3) is 0.241. The monoisotopic (exact) mass is 517 g/mol. The van der Waals surface area contributed by atoms with Gasteiger partial charge in [0, 0.05) is 12.1 Å². The Balaban J connectivity index is 1.70. The van der Waals surface area contributed by atoms with Crippen molar-refractivity contribution in [3.63, 3.8) is 0 Å². The number of amides is 1. The molecule has 0 aromatic heterocycles. The molecule has 2 heterocycles. The van der Waals surface area contributed by atoms with Crippen LogP contribution in [0.1, 0.15) is 22.7 Å². The van der Waals surface area contributed by atoms with Gasteiger partial charge in [0.2, 0.25) is 5.75 Å². The summed E-state index contributed by atoms with van der Waals surface area (Å²) in [5, 5.41) is 11.5. The second-order valence-corrected chi connectivity index (χ2v) is 8.73. The number of Topliss-reactive ketones (excluding diaryl/α,β-unsaturated/α-hetero) is 1. The average molecular weight is 518 g/mol. The lowest BCUT2D eigenvalue weighted by Crippen LogP contribution is -2.29. The van der Waals surface area contributed by atoms with Gasteiger partial charge in [0.05, 0.1) is 32.9 Å². The fourth-order valence-electron chi connectivity index (χ4n) is 4.78. The molecule has 9 nitrogen and oxygen atoms in total. The van der Waals surface area contributed by atoms with Gasteiger partial charge in [-0.1, -0.05) is 30.3 Å². The van der Waals surface area contributed by atoms with Crippen LogP contribution in [0.4, 0.5) is 0 Å². The van der Waals surface area contributed by atoms with Gasteiger partial charge in [-0.3, -0.25) is 9.59 Å². The van der Waals surface area contributed by atoms with Crippen molar-refractivity contribution < 1.29 is 38.4 Å². The number of carbonyl (C=O) groups excluding carboxylic acids is 2. The average Bonchev–Trinajstić information content (AvgIpc) is 3.21. The maximum atomic E-state index is 13.5. The first kappa shape index (κ1) is 25.0. The number of fused-ring (bicyclic) bond motifs is 1. The quantitative estimate of drug-likeness (QED) is 0.284. The molecule has 5 rings (SSSR count). The number of benzene rings is 3. The van der Waals surface area contributed by atoms with Crippen molar-refractivity contribution in [3.05, 3.63) is 82.9 Å². The molecule has 1 N–H and O–H groups in total. The van der Waals surface area contributed by atoms with Crippen molar-refractivity contribution in [1.29, 1.82) is 0 Å². The van der Waals surface area contributed by atoms with Crippen LogP contribution < -0.4 is 23.7 Å². The van der Waals surface area contributed by atoms with Crippen LogP contribution in [-0.2, 0) is 16.1 Å². The van der Waals surface area contributed by atoms with Gasteiger partial charge in [0.1, 0.15) is 19.0 Å². The minimum Gasteiger partial charge on any atom is -0.507 e. The standard InChI is InChI=1S/C29H27NO8/c1-34-22-14-19(15-23(35-2)28(22)36-3)25-24(26(31)18-9-10-20-21(13-18)38-12-11-37-20)27(32)29(33)30(25)16-17-7-5-4-6-8-17/h4-10,13-15,25,31H,11-12,16H2,1-3H3/b26-24+/t25-/m1/s1. The van der Waals surface area contributed by atoms with Crippen LogP contribution in [0, 0.1) is 0 Å². The molecular formula is C29H27NO8. The molecule has 9 heteroatoms. The second kappa shape index (κ2) is 10.4. The number of aliphatic hydroxyl groups excluding tert-OH is 1. The number of ketones is 1. The van der Waals surface area contributed by atoms with Gasteiger partial charge in [-0.2, -0.15) is 0 Å². The maximum absolute atomic E-state index is 13.5. The maximum Gasteiger partial charge on any atom is 0.295 e. The number of rotatable bonds is 7. The summed E-state index contributed by atoms with van der Waals surface area (Å²) in [6, 6.07) is 16.6. The smallest absolute Gasteiger partial charge is 0.295 e. The van der Waals surface area contributed by atoms with Crippen LogP contribution >= 0.6 is 0 Å². The molecular weight excluding hydrogens is 490 g/mol. The van der Waals surface area contributed by atoms with Crippen LogP contribution in [0.2, 0.25) is 0 Å². The third kappa shape index (κ3) is 4.36. The highest BCUT2D eigenvalue weighted by Gasteiger charge is 2.46. The lowest BCUT2D eigenvalue weighted by atomic mass is 9.94. The number of hydrogen-bond donors (Lipinski definition) is 1. The van der Waals surface area contributed by atoms with Crippen LogP contribution in [0.5, 0.6) is 28.7 Å². The molecule has 3 aromatic carbocycles. The topological polar surface area (TPSA) is 104 Å². The summed E-state index contributed by atoms with van der Waals surface area (Å²) in [4.78, 5) is 28.3. The highest BCUT2D eigenvalue weighted by molar-refractivity contribution is 6.46. The van der Waals surface area contributed by atoms with E-state index in [1.54, 1.807) is 30.3 Å². The van der Waals surface area contributed by atoms with Crippen molar-refractivity contribution in [2.24, 2.45) is 0 Å². The van der Waals surface area contributed by atoms with Crippen molar-refractivity contribution in [2.45, 2.75) is 12.6 Å². The van der Waals surface area contributed by atoms with E-state index in [4.69, 9.17) is 23.7 Å². The molecule has 1 fully saturated rings. The summed E-state index contributed by atoms with van der Waals surface area (Å²) < 4.78 is 27.7. The Morgan fingerprint density at radius 1 is 0.895 bits per heavy atom. The highest BCUT2D eigenvalue weighted by Crippen LogP contribution is 2.46. The molecule has 38 heavy (non-hydrogen) atoms. The summed E-state index contributed by atoms with van der Waals surface area (Å²) in [5.74, 6) is 0.207. The summed E-state index contributed by atoms with van der Waals surface area (Å²) in [6.45, 7) is 0.929. The van der Waals surface area contributed by atoms with Gasteiger partial charge in [-0.25, -0.2) is 0 Å². The number of nitrogens with zero attached hydrogens (tertiary/aromatic N) is 1. The van der Waals surface area contributed by atoms with Crippen LogP contribution in [0.3, 0.4) is 0 Å². The molecule has 1 atom stereocenters. The SMILES string of the molecule is COc1cc([C@@H]2/C(=C(\O)c3ccc4c(c3)OCCO4)C(=O)C(=O)N2Cc2ccccc2)cc(OC)c1OC. The number of methoxy groups -OCH3 is 3. The van der Waals surface area contributed by atoms with E-state index in [1.165, 1.54) is 26.2 Å². The molecule has 1 amide bonds. The third-order valence-corrected chi connectivity index (χ3v) is 6.55. The van der Waals surface area contributed by atoms with Gasteiger partial charge < -0.3 is 33.7 Å². The Hall–Kier alpha value is -4.66. The first-order chi connectivity index (χ1) is 18.5. The molecule has 2 aliphatic rings. The van der Waals surface area contributed by atoms with E-state index in [1.807, 2.05) is 30.3 Å². The summed E-state index contributed by atoms with van der Waals surface area (Å²) >= 11 is 0. The molecule has 0 saturated carbocycles. The molecule has 0 unspecified atom stereocenters. The lowest BCUT2D eigenvalue weighted by molar-refractivity contribution is -0.140. The minimum absolute atomic E-state index is 0.0584. The Bertz CT molecular complexity index is 1390. The van der Waals surface area contributed by atoms with E-state index >= 15 is 0 Å². The zero-order chi connectivity index (χ0) is 26.8. The molecule has 0 aliphatic carbocycles. The predicted molar refractivity (Wildman–Crippen MR) is 138 cm³/mol. The molecule has 3 aromatic rings. The van der Waals surface area contributed by atoms with E-state index in [0.29, 0.717) is 53.1 Å². The number of ether oxygens (including phenoxy) is 5. The zero-order valence-corrected chi connectivity index (χ0v) is 21.2.